The van der Waals surface area contributed by atoms with Crippen molar-refractivity contribution < 1.29 is 9.53 Å². The number of ether oxygens (including phenoxy) is 1. The molecule has 7 heteroatoms. The molecule has 7 nitrogen and oxygen atoms in total. The largest absolute Gasteiger partial charge is 0.375 e. The molecule has 2 bridgehead atoms. The third-order valence-corrected chi connectivity index (χ3v) is 5.97. The van der Waals surface area contributed by atoms with E-state index in [2.05, 4.69) is 37.5 Å². The Morgan fingerprint density at radius 1 is 1.23 bits per heavy atom. The van der Waals surface area contributed by atoms with Crippen molar-refractivity contribution in [1.82, 2.24) is 20.1 Å². The van der Waals surface area contributed by atoms with Gasteiger partial charge < -0.3 is 10.1 Å². The second-order valence-electron chi connectivity index (χ2n) is 8.04. The van der Waals surface area contributed by atoms with Crippen molar-refractivity contribution in [2.24, 2.45) is 0 Å². The van der Waals surface area contributed by atoms with Gasteiger partial charge >= 0.3 is 0 Å². The van der Waals surface area contributed by atoms with Gasteiger partial charge in [0.1, 0.15) is 0 Å². The molecule has 2 unspecified atom stereocenters. The summed E-state index contributed by atoms with van der Waals surface area (Å²) < 4.78 is 5.67. The van der Waals surface area contributed by atoms with Crippen LogP contribution in [0.4, 0.5) is 5.69 Å². The predicted molar refractivity (Wildman–Crippen MR) is 114 cm³/mol. The van der Waals surface area contributed by atoms with Gasteiger partial charge in [-0.1, -0.05) is 12.1 Å². The maximum Gasteiger partial charge on any atom is 0.224 e. The average molecular weight is 403 g/mol. The maximum atomic E-state index is 12.5. The Morgan fingerprint density at radius 2 is 2.13 bits per heavy atom. The number of likely N-dealkylation sites (tertiary alicyclic amines) is 1. The number of aromatic nitrogens is 3. The van der Waals surface area contributed by atoms with Crippen molar-refractivity contribution in [3.8, 4) is 11.1 Å². The first-order valence-electron chi connectivity index (χ1n) is 10.4. The fraction of sp³-hybridized carbons (Fsp3) is 0.348. The first-order valence-corrected chi connectivity index (χ1v) is 10.4. The highest BCUT2D eigenvalue weighted by Crippen LogP contribution is 2.29. The molecule has 2 aliphatic heterocycles. The molecule has 0 spiro atoms. The fourth-order valence-electron chi connectivity index (χ4n) is 4.38. The monoisotopic (exact) mass is 403 g/mol. The summed E-state index contributed by atoms with van der Waals surface area (Å²) in [5, 5.41) is 9.84. The molecular formula is C23H25N5O2. The van der Waals surface area contributed by atoms with Gasteiger partial charge in [-0.2, -0.15) is 5.10 Å². The molecule has 2 fully saturated rings. The lowest BCUT2D eigenvalue weighted by Crippen LogP contribution is -2.36. The number of fused-ring (bicyclic) bond motifs is 2. The molecule has 2 saturated heterocycles. The van der Waals surface area contributed by atoms with Crippen LogP contribution in [0.15, 0.2) is 55.1 Å². The van der Waals surface area contributed by atoms with E-state index in [-0.39, 0.29) is 5.91 Å². The first kappa shape index (κ1) is 19.0. The van der Waals surface area contributed by atoms with Crippen molar-refractivity contribution in [2.45, 2.75) is 38.0 Å². The molecule has 0 aliphatic carbocycles. The molecule has 2 N–H and O–H groups in total. The van der Waals surface area contributed by atoms with Crippen molar-refractivity contribution in [3.05, 3.63) is 66.2 Å². The summed E-state index contributed by atoms with van der Waals surface area (Å²) in [5.41, 5.74) is 5.18. The second kappa shape index (κ2) is 8.38. The first-order chi connectivity index (χ1) is 14.7. The number of benzene rings is 1. The summed E-state index contributed by atoms with van der Waals surface area (Å²) in [7, 11) is 0. The van der Waals surface area contributed by atoms with E-state index < -0.39 is 0 Å². The normalized spacial score (nSPS) is 20.5. The number of carbonyl (C=O) groups is 1. The minimum absolute atomic E-state index is 0.00116. The summed E-state index contributed by atoms with van der Waals surface area (Å²) in [4.78, 5) is 19.2. The Morgan fingerprint density at radius 3 is 2.87 bits per heavy atom. The van der Waals surface area contributed by atoms with Crippen LogP contribution in [-0.4, -0.2) is 51.3 Å². The zero-order valence-corrected chi connectivity index (χ0v) is 16.8. The number of nitrogens with one attached hydrogen (secondary N) is 2. The summed E-state index contributed by atoms with van der Waals surface area (Å²) in [6.07, 6.45) is 9.80. The van der Waals surface area contributed by atoms with Gasteiger partial charge in [0.25, 0.3) is 0 Å². The number of hydrogen-bond donors (Lipinski definition) is 2. The minimum Gasteiger partial charge on any atom is -0.375 e. The molecule has 4 heterocycles. The van der Waals surface area contributed by atoms with Gasteiger partial charge in [0.05, 0.1) is 18.9 Å². The third kappa shape index (κ3) is 4.13. The lowest BCUT2D eigenvalue weighted by molar-refractivity contribution is -0.116. The van der Waals surface area contributed by atoms with Crippen LogP contribution in [0.5, 0.6) is 0 Å². The Balaban J connectivity index is 1.15. The quantitative estimate of drug-likeness (QED) is 0.634. The summed E-state index contributed by atoms with van der Waals surface area (Å²) in [5.74, 6) is -0.00116. The smallest absolute Gasteiger partial charge is 0.224 e. The number of rotatable bonds is 7. The number of morpholine rings is 1. The zero-order valence-electron chi connectivity index (χ0n) is 16.8. The topological polar surface area (TPSA) is 83.1 Å². The van der Waals surface area contributed by atoms with Crippen LogP contribution >= 0.6 is 0 Å². The number of H-pyrrole nitrogens is 1. The standard InChI is InChI=1S/C23H25N5O2/c29-23(6-3-17-10-24-8-7-22(17)18-11-25-26-12-18)27-19-4-1-16(2-5-19)13-28-14-21-9-20(28)15-30-21/h1-2,4-5,7-8,10-12,20-21H,3,6,9,13-15H2,(H,25,26)(H,27,29). The van der Waals surface area contributed by atoms with Crippen LogP contribution in [0.2, 0.25) is 0 Å². The van der Waals surface area contributed by atoms with Crippen LogP contribution in [0.3, 0.4) is 0 Å². The molecule has 154 valence electrons. The van der Waals surface area contributed by atoms with Crippen molar-refractivity contribution in [3.63, 3.8) is 0 Å². The van der Waals surface area contributed by atoms with Crippen LogP contribution in [0.25, 0.3) is 11.1 Å². The number of carbonyl (C=O) groups excluding carboxylic acids is 1. The third-order valence-electron chi connectivity index (χ3n) is 5.97. The molecule has 2 aromatic heterocycles. The number of aryl methyl sites for hydroxylation is 1. The fourth-order valence-corrected chi connectivity index (χ4v) is 4.38. The van der Waals surface area contributed by atoms with Crippen LogP contribution < -0.4 is 5.32 Å². The van der Waals surface area contributed by atoms with Crippen molar-refractivity contribution in [2.75, 3.05) is 18.5 Å². The second-order valence-corrected chi connectivity index (χ2v) is 8.04. The highest BCUT2D eigenvalue weighted by atomic mass is 16.5. The Labute approximate surface area is 175 Å². The van der Waals surface area contributed by atoms with Gasteiger partial charge in [-0.05, 0) is 47.7 Å². The minimum atomic E-state index is -0.00116. The Hall–Kier alpha value is -3.03. The molecule has 2 aliphatic rings. The van der Waals surface area contributed by atoms with E-state index >= 15 is 0 Å². The van der Waals surface area contributed by atoms with E-state index in [0.29, 0.717) is 25.0 Å². The number of nitrogens with zero attached hydrogens (tertiary/aromatic N) is 3. The van der Waals surface area contributed by atoms with Gasteiger partial charge in [0.2, 0.25) is 5.91 Å². The molecule has 5 rings (SSSR count). The van der Waals surface area contributed by atoms with E-state index in [9.17, 15) is 4.79 Å². The lowest BCUT2D eigenvalue weighted by Gasteiger charge is -2.26. The number of amides is 1. The molecule has 2 atom stereocenters. The molecular weight excluding hydrogens is 378 g/mol. The van der Waals surface area contributed by atoms with Crippen LogP contribution in [-0.2, 0) is 22.5 Å². The number of pyridine rings is 1. The molecule has 1 amide bonds. The molecule has 1 aromatic carbocycles. The summed E-state index contributed by atoms with van der Waals surface area (Å²) >= 11 is 0. The average Bonchev–Trinajstić information content (AvgIpc) is 3.53. The SMILES string of the molecule is O=C(CCc1cnccc1-c1cn[nH]c1)Nc1ccc(CN2CC3CC2CO3)cc1. The Kier molecular flexibility index (Phi) is 5.29. The summed E-state index contributed by atoms with van der Waals surface area (Å²) in [6.45, 7) is 2.83. The van der Waals surface area contributed by atoms with Gasteiger partial charge in [-0.3, -0.25) is 19.8 Å². The lowest BCUT2D eigenvalue weighted by atomic mass is 10.0. The van der Waals surface area contributed by atoms with Crippen molar-refractivity contribution >= 4 is 11.6 Å². The number of aromatic amines is 1. The molecule has 3 aromatic rings. The molecule has 30 heavy (non-hydrogen) atoms. The highest BCUT2D eigenvalue weighted by Gasteiger charge is 2.38. The van der Waals surface area contributed by atoms with Gasteiger partial charge in [0, 0.05) is 55.4 Å². The van der Waals surface area contributed by atoms with E-state index in [1.807, 2.05) is 30.6 Å². The predicted octanol–water partition coefficient (Wildman–Crippen LogP) is 3.02. The van der Waals surface area contributed by atoms with Crippen LogP contribution in [0, 0.1) is 0 Å². The summed E-state index contributed by atoms with van der Waals surface area (Å²) in [6, 6.07) is 10.7. The number of hydrogen-bond acceptors (Lipinski definition) is 5. The molecule has 0 saturated carbocycles. The van der Waals surface area contributed by atoms with E-state index in [0.717, 1.165) is 48.5 Å². The molecule has 0 radical (unpaired) electrons. The van der Waals surface area contributed by atoms with Gasteiger partial charge in [-0.25, -0.2) is 0 Å². The zero-order chi connectivity index (χ0) is 20.3. The number of anilines is 1. The maximum absolute atomic E-state index is 12.5. The Bertz CT molecular complexity index is 1000. The van der Waals surface area contributed by atoms with Gasteiger partial charge in [0.15, 0.2) is 0 Å². The van der Waals surface area contributed by atoms with E-state index in [1.165, 1.54) is 5.56 Å². The van der Waals surface area contributed by atoms with E-state index in [1.54, 1.807) is 12.4 Å². The highest BCUT2D eigenvalue weighted by molar-refractivity contribution is 5.91. The van der Waals surface area contributed by atoms with Crippen LogP contribution in [0.1, 0.15) is 24.0 Å². The van der Waals surface area contributed by atoms with E-state index in [4.69, 9.17) is 4.74 Å². The van der Waals surface area contributed by atoms with Crippen molar-refractivity contribution in [1.29, 1.82) is 0 Å². The van der Waals surface area contributed by atoms with Gasteiger partial charge in [-0.15, -0.1) is 0 Å².